The Morgan fingerprint density at radius 2 is 0.782 bits per heavy atom. The van der Waals surface area contributed by atoms with Crippen molar-refractivity contribution in [2.45, 2.75) is 405 Å². The first-order valence-corrected chi connectivity index (χ1v) is 32.7. The summed E-state index contributed by atoms with van der Waals surface area (Å²) in [6, 6.07) is 0. The summed E-state index contributed by atoms with van der Waals surface area (Å²) in [6.45, 7) is 37.3. The second kappa shape index (κ2) is 57.3. The van der Waals surface area contributed by atoms with E-state index in [0.29, 0.717) is 77.6 Å². The molecular formula is C80H164O21. The molecular weight excluding hydrogens is 1300 g/mol. The van der Waals surface area contributed by atoms with Gasteiger partial charge in [0.1, 0.15) is 29.4 Å². The van der Waals surface area contributed by atoms with Crippen LogP contribution in [0.3, 0.4) is 0 Å². The van der Waals surface area contributed by atoms with Crippen LogP contribution in [0.5, 0.6) is 0 Å². The zero-order valence-corrected chi connectivity index (χ0v) is 58.2. The Morgan fingerprint density at radius 1 is 0.406 bits per heavy atom. The lowest BCUT2D eigenvalue weighted by molar-refractivity contribution is -0.257. The molecule has 0 spiro atoms. The molecule has 4 heterocycles. The molecule has 0 aromatic rings. The van der Waals surface area contributed by atoms with Crippen LogP contribution in [-0.4, -0.2) is 129 Å². The third-order valence-electron chi connectivity index (χ3n) is 17.8. The van der Waals surface area contributed by atoms with Gasteiger partial charge in [-0.15, -0.1) is 0 Å². The SMILES string of the molecule is C.C.C.C.C.C.C.C.C.C.C.C.CCC(C)(C)C(=O)OC1(C)CCOC(=O)C1.CCC(C)(C)C(=O)OC1CCC(=O)C1.CCC(C)(C)C(=O)OC1CCCC(=O)C1.CCC(C)(C)C(=O)OC1CCCC(OC)O1.CCC(C)(C)C(=O)OC1CCCCO1.CCC(C)(C)C(=O)OC1CCOC1=O. The van der Waals surface area contributed by atoms with Crippen molar-refractivity contribution in [1.82, 2.24) is 0 Å². The monoisotopic (exact) mass is 1460 g/mol. The summed E-state index contributed by atoms with van der Waals surface area (Å²) in [4.78, 5) is 115. The van der Waals surface area contributed by atoms with Gasteiger partial charge in [0.2, 0.25) is 18.7 Å². The molecule has 0 N–H and O–H groups in total. The van der Waals surface area contributed by atoms with Gasteiger partial charge in [-0.05, 0) is 173 Å². The molecule has 0 radical (unpaired) electrons. The zero-order valence-electron chi connectivity index (χ0n) is 58.2. The van der Waals surface area contributed by atoms with Crippen LogP contribution in [0.4, 0.5) is 0 Å². The molecule has 21 nitrogen and oxygen atoms in total. The predicted molar refractivity (Wildman–Crippen MR) is 413 cm³/mol. The van der Waals surface area contributed by atoms with E-state index in [0.717, 1.165) is 77.0 Å². The third-order valence-corrected chi connectivity index (χ3v) is 17.8. The number of ether oxygens (including phenoxy) is 11. The van der Waals surface area contributed by atoms with E-state index in [1.165, 1.54) is 0 Å². The largest absolute Gasteiger partial charge is 0.465 e. The number of cyclic esters (lactones) is 2. The first kappa shape index (κ1) is 123. The highest BCUT2D eigenvalue weighted by Gasteiger charge is 2.41. The van der Waals surface area contributed by atoms with Gasteiger partial charge in [-0.2, -0.15) is 0 Å². The fraction of sp³-hybridized carbons (Fsp3) is 0.875. The Labute approximate surface area is 620 Å². The molecule has 0 bridgehead atoms. The molecule has 0 aromatic carbocycles. The van der Waals surface area contributed by atoms with Gasteiger partial charge in [-0.3, -0.25) is 43.2 Å². The third kappa shape index (κ3) is 45.1. The van der Waals surface area contributed by atoms with Crippen molar-refractivity contribution in [3.8, 4) is 0 Å². The smallest absolute Gasteiger partial charge is 0.347 e. The number of methoxy groups -OCH3 is 1. The highest BCUT2D eigenvalue weighted by atomic mass is 16.8. The quantitative estimate of drug-likeness (QED) is 0.0858. The normalized spacial score (nSPS) is 21.1. The summed E-state index contributed by atoms with van der Waals surface area (Å²) in [7, 11) is 1.60. The zero-order chi connectivity index (χ0) is 68.2. The van der Waals surface area contributed by atoms with Crippen LogP contribution in [0.1, 0.15) is 362 Å². The fourth-order valence-electron chi connectivity index (χ4n) is 7.98. The Hall–Kier alpha value is -5.02. The van der Waals surface area contributed by atoms with E-state index < -0.39 is 51.0 Å². The van der Waals surface area contributed by atoms with E-state index in [1.54, 1.807) is 27.9 Å². The minimum absolute atomic E-state index is 0. The number of Topliss-reactive ketones (excluding diaryl/α,β-unsaturated/α-hetero) is 2. The molecule has 0 aromatic heterocycles. The molecule has 7 atom stereocenters. The standard InChI is InChI=1S/C12H20O4.C12H22O4.C12H20O3.C11H18O3.C11H20O3.C10H16O4.12CH4/c1-5-11(2,3)10(14)16-12(4)6-7-15-9(13)8-12;1-5-12(2,3)11(13)16-10-8-6-7-9(14-4)15-10;1-4-12(2,3)11(14)15-10-7-5-6-9(13)8-10;1-4-11(2,3)10(13)14-9-6-5-8(12)7-9;1-4-11(2,3)10(12)14-9-7-5-6-8-13-9;1-4-10(2,3)9(12)14-7-5-6-13-8(7)11;;;;;;;;;;;;/h5-8H2,1-4H3;9-10H,5-8H2,1-4H3;10H,4-8H2,1-3H3;9H,4-7H2,1-3H3;9H,4-8H2,1-3H3;7H,4-6H2,1-3H3;12*1H4. The van der Waals surface area contributed by atoms with Gasteiger partial charge in [-0.25, -0.2) is 4.79 Å². The summed E-state index contributed by atoms with van der Waals surface area (Å²) in [6.07, 6.45) is 13.6. The fourth-order valence-corrected chi connectivity index (χ4v) is 7.98. The van der Waals surface area contributed by atoms with Crippen molar-refractivity contribution < 1.29 is 100 Å². The molecule has 6 rings (SSSR count). The van der Waals surface area contributed by atoms with Crippen LogP contribution < -0.4 is 0 Å². The van der Waals surface area contributed by atoms with Crippen LogP contribution in [0.2, 0.25) is 0 Å². The van der Waals surface area contributed by atoms with Crippen molar-refractivity contribution in [3.63, 3.8) is 0 Å². The first-order valence-electron chi connectivity index (χ1n) is 32.7. The van der Waals surface area contributed by atoms with E-state index in [1.807, 2.05) is 111 Å². The van der Waals surface area contributed by atoms with Gasteiger partial charge >= 0.3 is 47.8 Å². The van der Waals surface area contributed by atoms with Crippen LogP contribution in [0, 0.1) is 32.5 Å². The highest BCUT2D eigenvalue weighted by Crippen LogP contribution is 2.33. The molecule has 2 aliphatic carbocycles. The number of hydrogen-bond donors (Lipinski definition) is 0. The summed E-state index contributed by atoms with van der Waals surface area (Å²) >= 11 is 0. The minimum atomic E-state index is -0.696. The highest BCUT2D eigenvalue weighted by molar-refractivity contribution is 5.84. The average Bonchev–Trinajstić information content (AvgIpc) is 1.51. The molecule has 6 fully saturated rings. The lowest BCUT2D eigenvalue weighted by Crippen LogP contribution is -2.43. The molecule has 101 heavy (non-hydrogen) atoms. The number of ketones is 2. The summed E-state index contributed by atoms with van der Waals surface area (Å²) < 4.78 is 57.3. The van der Waals surface area contributed by atoms with E-state index in [-0.39, 0.29) is 179 Å². The molecule has 21 heteroatoms. The van der Waals surface area contributed by atoms with Crippen LogP contribution >= 0.6 is 0 Å². The average molecular weight is 1460 g/mol. The van der Waals surface area contributed by atoms with E-state index in [9.17, 15) is 47.9 Å². The van der Waals surface area contributed by atoms with Gasteiger partial charge in [0.15, 0.2) is 6.29 Å². The Bertz CT molecular complexity index is 2280. The van der Waals surface area contributed by atoms with Gasteiger partial charge in [-0.1, -0.05) is 131 Å². The molecule has 4 aliphatic heterocycles. The maximum atomic E-state index is 11.9. The van der Waals surface area contributed by atoms with Crippen molar-refractivity contribution in [2.75, 3.05) is 26.9 Å². The number of esters is 8. The van der Waals surface area contributed by atoms with E-state index in [2.05, 4.69) is 0 Å². The summed E-state index contributed by atoms with van der Waals surface area (Å²) in [5.41, 5.74) is -3.40. The summed E-state index contributed by atoms with van der Waals surface area (Å²) in [5.74, 6) is -1.57. The van der Waals surface area contributed by atoms with Crippen LogP contribution in [0.15, 0.2) is 0 Å². The number of carbonyl (C=O) groups is 10. The van der Waals surface area contributed by atoms with E-state index in [4.69, 9.17) is 52.1 Å². The number of rotatable bonds is 19. The van der Waals surface area contributed by atoms with Crippen molar-refractivity contribution in [2.24, 2.45) is 32.5 Å². The number of carbonyl (C=O) groups excluding carboxylic acids is 10. The molecule has 7 unspecified atom stereocenters. The Balaban J connectivity index is -0.0000000920. The second-order valence-electron chi connectivity index (χ2n) is 28.0. The lowest BCUT2D eigenvalue weighted by Gasteiger charge is -2.35. The van der Waals surface area contributed by atoms with Crippen LogP contribution in [-0.2, 0) is 100 Å². The molecule has 4 saturated heterocycles. The van der Waals surface area contributed by atoms with Gasteiger partial charge < -0.3 is 52.1 Å². The van der Waals surface area contributed by atoms with Crippen molar-refractivity contribution >= 4 is 59.3 Å². The Kier molecular flexibility index (Phi) is 69.7. The lowest BCUT2D eigenvalue weighted by atomic mass is 9.89. The maximum Gasteiger partial charge on any atom is 0.347 e. The summed E-state index contributed by atoms with van der Waals surface area (Å²) in [5, 5.41) is 0. The minimum Gasteiger partial charge on any atom is -0.465 e. The molecule has 6 aliphatic rings. The van der Waals surface area contributed by atoms with Gasteiger partial charge in [0.05, 0.1) is 58.7 Å². The first-order chi connectivity index (χ1) is 41.2. The molecule has 2 saturated carbocycles. The van der Waals surface area contributed by atoms with Crippen molar-refractivity contribution in [3.05, 3.63) is 0 Å². The Morgan fingerprint density at radius 3 is 1.14 bits per heavy atom. The molecule has 610 valence electrons. The van der Waals surface area contributed by atoms with Gasteiger partial charge in [0.25, 0.3) is 0 Å². The molecule has 0 amide bonds. The van der Waals surface area contributed by atoms with Gasteiger partial charge in [0, 0.05) is 58.5 Å². The number of hydrogen-bond acceptors (Lipinski definition) is 21. The second-order valence-corrected chi connectivity index (χ2v) is 28.0. The topological polar surface area (TPSA) is 272 Å². The maximum absolute atomic E-state index is 11.9. The van der Waals surface area contributed by atoms with Crippen molar-refractivity contribution in [1.29, 1.82) is 0 Å². The predicted octanol–water partition coefficient (Wildman–Crippen LogP) is 20.5. The van der Waals surface area contributed by atoms with Crippen LogP contribution in [0.25, 0.3) is 0 Å². The van der Waals surface area contributed by atoms with E-state index >= 15 is 0 Å².